The first-order chi connectivity index (χ1) is 19.8. The maximum atomic E-state index is 12.3. The smallest absolute Gasteiger partial charge is 0.319 e. The van der Waals surface area contributed by atoms with Crippen LogP contribution in [0.25, 0.3) is 11.2 Å². The number of nitrogen functional groups attached to an aromatic ring is 2. The number of aliphatic hydroxyl groups excluding tert-OH is 2. The number of imidazole rings is 1. The summed E-state index contributed by atoms with van der Waals surface area (Å²) in [4.78, 5) is 26.6. The third-order valence-corrected chi connectivity index (χ3v) is 6.75. The molecule has 2 unspecified atom stereocenters. The van der Waals surface area contributed by atoms with Crippen LogP contribution in [0.4, 0.5) is 22.0 Å². The lowest BCUT2D eigenvalue weighted by Crippen LogP contribution is -2.39. The van der Waals surface area contributed by atoms with Gasteiger partial charge in [0, 0.05) is 18.8 Å². The molecular weight excluding hydrogens is 530 g/mol. The summed E-state index contributed by atoms with van der Waals surface area (Å²) in [5, 5.41) is 26.9. The maximum absolute atomic E-state index is 12.3. The van der Waals surface area contributed by atoms with Gasteiger partial charge in [-0.05, 0) is 56.4 Å². The van der Waals surface area contributed by atoms with Gasteiger partial charge in [-0.25, -0.2) is 19.7 Å². The van der Waals surface area contributed by atoms with Gasteiger partial charge < -0.3 is 46.7 Å². The normalized spacial score (nSPS) is 20.4. The molecule has 0 aliphatic carbocycles. The Labute approximate surface area is 235 Å². The SMILES string of the molecule is CN(CCCNC(=O)Nc1ccc(Oc2ccccc2N)cc1)C[C@H]1O[C@@H](n2cnc3c(N)ncnc32)C(O)C1O. The number of aromatic nitrogens is 4. The number of aliphatic hydroxyl groups is 2. The standard InChI is InChI=1S/C27H33N9O5/c1-35(13-20-22(37)23(38)26(41-20)36-15-33-21-24(29)31-14-32-25(21)36)12-4-11-30-27(39)34-16-7-9-17(10-8-16)40-19-6-3-2-5-18(19)28/h2-3,5-10,14-15,20,22-23,26,37-38H,4,11-13,28H2,1H3,(H2,29,31,32)(H2,30,34,39)/t20-,22?,23?,26-/m1/s1. The van der Waals surface area contributed by atoms with Gasteiger partial charge in [-0.15, -0.1) is 0 Å². The summed E-state index contributed by atoms with van der Waals surface area (Å²) >= 11 is 0. The number of fused-ring (bicyclic) bond motifs is 1. The van der Waals surface area contributed by atoms with Crippen LogP contribution in [0.1, 0.15) is 12.6 Å². The third-order valence-electron chi connectivity index (χ3n) is 6.75. The van der Waals surface area contributed by atoms with E-state index in [4.69, 9.17) is 20.9 Å². The number of nitrogens with zero attached hydrogens (tertiary/aromatic N) is 5. The van der Waals surface area contributed by atoms with E-state index < -0.39 is 24.5 Å². The van der Waals surface area contributed by atoms with Crippen LogP contribution in [0, 0.1) is 0 Å². The van der Waals surface area contributed by atoms with Crippen molar-refractivity contribution in [3.63, 3.8) is 0 Å². The average Bonchev–Trinajstić information content (AvgIpc) is 3.51. The zero-order valence-corrected chi connectivity index (χ0v) is 22.4. The summed E-state index contributed by atoms with van der Waals surface area (Å²) in [5.41, 5.74) is 13.7. The van der Waals surface area contributed by atoms with Crippen molar-refractivity contribution in [3.8, 4) is 11.5 Å². The van der Waals surface area contributed by atoms with E-state index in [0.29, 0.717) is 60.1 Å². The zero-order chi connectivity index (χ0) is 28.9. The predicted molar refractivity (Wildman–Crippen MR) is 152 cm³/mol. The number of carbonyl (C=O) groups is 1. The fraction of sp³-hybridized carbons (Fsp3) is 0.333. The van der Waals surface area contributed by atoms with Crippen molar-refractivity contribution in [2.75, 3.05) is 43.5 Å². The van der Waals surface area contributed by atoms with Gasteiger partial charge in [0.15, 0.2) is 17.7 Å². The van der Waals surface area contributed by atoms with Gasteiger partial charge >= 0.3 is 6.03 Å². The number of para-hydroxylation sites is 2. The molecule has 5 rings (SSSR count). The van der Waals surface area contributed by atoms with Crippen LogP contribution in [0.5, 0.6) is 11.5 Å². The first-order valence-electron chi connectivity index (χ1n) is 13.1. The van der Waals surface area contributed by atoms with Crippen LogP contribution in [0.3, 0.4) is 0 Å². The number of urea groups is 1. The highest BCUT2D eigenvalue weighted by atomic mass is 16.6. The summed E-state index contributed by atoms with van der Waals surface area (Å²) in [6.07, 6.45) is -0.367. The van der Waals surface area contributed by atoms with Crippen molar-refractivity contribution in [1.29, 1.82) is 0 Å². The number of ether oxygens (including phenoxy) is 2. The van der Waals surface area contributed by atoms with Crippen molar-refractivity contribution in [2.24, 2.45) is 0 Å². The molecule has 0 bridgehead atoms. The molecular formula is C27H33N9O5. The molecule has 2 aromatic heterocycles. The number of amides is 2. The first-order valence-corrected chi connectivity index (χ1v) is 13.1. The lowest BCUT2D eigenvalue weighted by atomic mass is 10.1. The molecule has 4 atom stereocenters. The van der Waals surface area contributed by atoms with Gasteiger partial charge in [-0.2, -0.15) is 0 Å². The van der Waals surface area contributed by atoms with Crippen molar-refractivity contribution in [1.82, 2.24) is 29.7 Å². The Morgan fingerprint density at radius 3 is 2.66 bits per heavy atom. The lowest BCUT2D eigenvalue weighted by Gasteiger charge is -2.22. The molecule has 3 heterocycles. The Kier molecular flexibility index (Phi) is 8.45. The van der Waals surface area contributed by atoms with Crippen LogP contribution < -0.4 is 26.8 Å². The monoisotopic (exact) mass is 563 g/mol. The summed E-state index contributed by atoms with van der Waals surface area (Å²) in [5.74, 6) is 1.38. The third kappa shape index (κ3) is 6.47. The van der Waals surface area contributed by atoms with Crippen LogP contribution in [-0.4, -0.2) is 85.7 Å². The number of anilines is 3. The van der Waals surface area contributed by atoms with Crippen LogP contribution in [-0.2, 0) is 4.74 Å². The highest BCUT2D eigenvalue weighted by Gasteiger charge is 2.44. The largest absolute Gasteiger partial charge is 0.455 e. The van der Waals surface area contributed by atoms with Crippen molar-refractivity contribution < 1.29 is 24.5 Å². The van der Waals surface area contributed by atoms with Crippen LogP contribution in [0.2, 0.25) is 0 Å². The molecule has 1 aliphatic rings. The van der Waals surface area contributed by atoms with Gasteiger partial charge in [0.25, 0.3) is 0 Å². The van der Waals surface area contributed by atoms with E-state index in [2.05, 4.69) is 25.6 Å². The number of likely N-dealkylation sites (N-methyl/N-ethyl adjacent to an activating group) is 1. The van der Waals surface area contributed by atoms with E-state index in [1.165, 1.54) is 12.7 Å². The number of hydrogen-bond acceptors (Lipinski definition) is 11. The second kappa shape index (κ2) is 12.3. The van der Waals surface area contributed by atoms with E-state index in [0.717, 1.165) is 0 Å². The number of nitrogens with two attached hydrogens (primary N) is 2. The Bertz CT molecular complexity index is 1480. The highest BCUT2D eigenvalue weighted by Crippen LogP contribution is 2.32. The van der Waals surface area contributed by atoms with Crippen LogP contribution >= 0.6 is 0 Å². The molecule has 41 heavy (non-hydrogen) atoms. The molecule has 8 N–H and O–H groups in total. The van der Waals surface area contributed by atoms with E-state index in [1.807, 2.05) is 24.1 Å². The van der Waals surface area contributed by atoms with Gasteiger partial charge in [0.05, 0.1) is 12.0 Å². The Balaban J connectivity index is 1.04. The number of carbonyl (C=O) groups excluding carboxylic acids is 1. The van der Waals surface area contributed by atoms with Crippen molar-refractivity contribution in [3.05, 3.63) is 61.2 Å². The number of rotatable bonds is 10. The van der Waals surface area contributed by atoms with Gasteiger partial charge in [-0.1, -0.05) is 12.1 Å². The summed E-state index contributed by atoms with van der Waals surface area (Å²) in [6, 6.07) is 13.9. The van der Waals surface area contributed by atoms with Gasteiger partial charge in [0.1, 0.15) is 41.7 Å². The van der Waals surface area contributed by atoms with Crippen LogP contribution in [0.15, 0.2) is 61.2 Å². The van der Waals surface area contributed by atoms with Crippen molar-refractivity contribution >= 4 is 34.4 Å². The van der Waals surface area contributed by atoms with E-state index in [1.54, 1.807) is 41.0 Å². The van der Waals surface area contributed by atoms with E-state index in [9.17, 15) is 15.0 Å². The van der Waals surface area contributed by atoms with Gasteiger partial charge in [-0.3, -0.25) is 4.57 Å². The minimum Gasteiger partial charge on any atom is -0.455 e. The predicted octanol–water partition coefficient (Wildman–Crippen LogP) is 1.55. The average molecular weight is 564 g/mol. The number of nitrogens with one attached hydrogen (secondary N) is 2. The first kappa shape index (κ1) is 28.0. The fourth-order valence-corrected chi connectivity index (χ4v) is 4.60. The Hall–Kier alpha value is -4.50. The molecule has 14 heteroatoms. The number of hydrogen-bond donors (Lipinski definition) is 6. The van der Waals surface area contributed by atoms with Crippen molar-refractivity contribution in [2.45, 2.75) is 31.0 Å². The Morgan fingerprint density at radius 1 is 1.10 bits per heavy atom. The maximum Gasteiger partial charge on any atom is 0.319 e. The highest BCUT2D eigenvalue weighted by molar-refractivity contribution is 5.89. The minimum atomic E-state index is -1.18. The molecule has 2 amide bonds. The molecule has 1 saturated heterocycles. The van der Waals surface area contributed by atoms with E-state index in [-0.39, 0.29) is 11.8 Å². The van der Waals surface area contributed by atoms with Gasteiger partial charge in [0.2, 0.25) is 0 Å². The second-order valence-electron chi connectivity index (χ2n) is 9.79. The molecule has 216 valence electrons. The summed E-state index contributed by atoms with van der Waals surface area (Å²) in [7, 11) is 1.88. The lowest BCUT2D eigenvalue weighted by molar-refractivity contribution is -0.0421. The molecule has 1 fully saturated rings. The Morgan fingerprint density at radius 2 is 1.88 bits per heavy atom. The summed E-state index contributed by atoms with van der Waals surface area (Å²) < 4.78 is 13.3. The molecule has 0 spiro atoms. The zero-order valence-electron chi connectivity index (χ0n) is 22.4. The second-order valence-corrected chi connectivity index (χ2v) is 9.79. The molecule has 2 aromatic carbocycles. The molecule has 1 aliphatic heterocycles. The van der Waals surface area contributed by atoms with E-state index >= 15 is 0 Å². The number of benzene rings is 2. The summed E-state index contributed by atoms with van der Waals surface area (Å²) in [6.45, 7) is 1.43. The quantitative estimate of drug-likeness (QED) is 0.121. The molecule has 14 nitrogen and oxygen atoms in total. The molecule has 4 aromatic rings. The molecule has 0 saturated carbocycles. The minimum absolute atomic E-state index is 0.220. The molecule has 0 radical (unpaired) electrons. The fourth-order valence-electron chi connectivity index (χ4n) is 4.60. The topological polar surface area (TPSA) is 199 Å².